The van der Waals surface area contributed by atoms with Crippen LogP contribution in [0.3, 0.4) is 0 Å². The first kappa shape index (κ1) is 14.6. The van der Waals surface area contributed by atoms with Gasteiger partial charge in [0.1, 0.15) is 21.7 Å². The number of aromatic nitrogens is 2. The van der Waals surface area contributed by atoms with E-state index >= 15 is 0 Å². The molecule has 0 spiro atoms. The minimum Gasteiger partial charge on any atom is -0.249 e. The van der Waals surface area contributed by atoms with E-state index < -0.39 is 15.7 Å². The second-order valence-electron chi connectivity index (χ2n) is 4.18. The van der Waals surface area contributed by atoms with E-state index in [9.17, 15) is 4.21 Å². The molecule has 0 aliphatic heterocycles. The highest BCUT2D eigenvalue weighted by molar-refractivity contribution is 7.98. The fourth-order valence-corrected chi connectivity index (χ4v) is 1.89. The summed E-state index contributed by atoms with van der Waals surface area (Å²) in [5.74, 6) is 0. The van der Waals surface area contributed by atoms with Crippen molar-refractivity contribution < 1.29 is 4.21 Å². The van der Waals surface area contributed by atoms with E-state index in [1.165, 1.54) is 18.0 Å². The molecule has 0 bridgehead atoms. The molecule has 0 fully saturated rings. The number of nitrogens with zero attached hydrogens (tertiary/aromatic N) is 3. The highest BCUT2D eigenvalue weighted by atomic mass is 35.5. The van der Waals surface area contributed by atoms with Crippen molar-refractivity contribution in [2.24, 2.45) is 4.40 Å². The van der Waals surface area contributed by atoms with Crippen molar-refractivity contribution in [2.75, 3.05) is 6.26 Å². The monoisotopic (exact) mass is 291 g/mol. The smallest absolute Gasteiger partial charge is 0.157 e. The van der Waals surface area contributed by atoms with Crippen LogP contribution in [0.4, 0.5) is 0 Å². The summed E-state index contributed by atoms with van der Waals surface area (Å²) in [6, 6.07) is 0. The zero-order chi connectivity index (χ0) is 13.1. The minimum absolute atomic E-state index is 0.270. The molecule has 0 aliphatic carbocycles. The summed E-state index contributed by atoms with van der Waals surface area (Å²) in [4.78, 5) is 8.21. The van der Waals surface area contributed by atoms with E-state index in [0.29, 0.717) is 5.69 Å². The largest absolute Gasteiger partial charge is 0.249 e. The molecule has 1 atom stereocenters. The lowest BCUT2D eigenvalue weighted by molar-refractivity contribution is 0.651. The Hall–Kier alpha value is -0.460. The van der Waals surface area contributed by atoms with Gasteiger partial charge in [0.15, 0.2) is 5.15 Å². The highest BCUT2D eigenvalue weighted by Gasteiger charge is 2.18. The molecule has 7 heteroatoms. The van der Waals surface area contributed by atoms with E-state index in [4.69, 9.17) is 11.6 Å². The quantitative estimate of drug-likeness (QED) is 0.635. The number of rotatable bonds is 3. The lowest BCUT2D eigenvalue weighted by atomic mass is 10.3. The minimum atomic E-state index is -1.32. The summed E-state index contributed by atoms with van der Waals surface area (Å²) in [5.41, 5.74) is 0.432. The molecule has 1 aromatic heterocycles. The Kier molecular flexibility index (Phi) is 5.09. The van der Waals surface area contributed by atoms with Crippen LogP contribution in [0.1, 0.15) is 26.5 Å². The molecule has 0 aromatic carbocycles. The SMILES string of the molecule is CSc1cnc(C=NS(=O)C(C)(C)C)c(Cl)n1. The average molecular weight is 292 g/mol. The lowest BCUT2D eigenvalue weighted by Gasteiger charge is -2.12. The number of thioether (sulfide) groups is 1. The molecule has 17 heavy (non-hydrogen) atoms. The van der Waals surface area contributed by atoms with Crippen molar-refractivity contribution in [1.82, 2.24) is 9.97 Å². The van der Waals surface area contributed by atoms with Gasteiger partial charge in [-0.15, -0.1) is 11.8 Å². The van der Waals surface area contributed by atoms with Gasteiger partial charge in [-0.1, -0.05) is 11.6 Å². The number of hydrogen-bond acceptors (Lipinski definition) is 4. The molecule has 0 amide bonds. The van der Waals surface area contributed by atoms with E-state index in [1.807, 2.05) is 27.0 Å². The zero-order valence-corrected chi connectivity index (χ0v) is 12.5. The van der Waals surface area contributed by atoms with Gasteiger partial charge in [0.2, 0.25) is 0 Å². The van der Waals surface area contributed by atoms with Gasteiger partial charge in [-0.05, 0) is 27.0 Å². The molecule has 1 heterocycles. The first-order valence-electron chi connectivity index (χ1n) is 4.87. The van der Waals surface area contributed by atoms with Gasteiger partial charge in [-0.3, -0.25) is 0 Å². The summed E-state index contributed by atoms with van der Waals surface area (Å²) in [6.45, 7) is 5.56. The Morgan fingerprint density at radius 3 is 2.65 bits per heavy atom. The van der Waals surface area contributed by atoms with Crippen molar-refractivity contribution in [3.05, 3.63) is 17.0 Å². The van der Waals surface area contributed by atoms with Crippen LogP contribution < -0.4 is 0 Å². The summed E-state index contributed by atoms with van der Waals surface area (Å²) >= 11 is 7.39. The zero-order valence-electron chi connectivity index (χ0n) is 10.1. The van der Waals surface area contributed by atoms with E-state index in [-0.39, 0.29) is 5.15 Å². The molecule has 0 aliphatic rings. The summed E-state index contributed by atoms with van der Waals surface area (Å²) < 4.78 is 15.2. The highest BCUT2D eigenvalue weighted by Crippen LogP contribution is 2.16. The Labute approximate surface area is 113 Å². The van der Waals surface area contributed by atoms with Crippen LogP contribution in [0.2, 0.25) is 5.15 Å². The maximum absolute atomic E-state index is 11.7. The molecular formula is C10H14ClN3OS2. The molecule has 0 radical (unpaired) electrons. The van der Waals surface area contributed by atoms with E-state index in [1.54, 1.807) is 6.20 Å². The van der Waals surface area contributed by atoms with Crippen molar-refractivity contribution in [1.29, 1.82) is 0 Å². The first-order valence-corrected chi connectivity index (χ1v) is 7.58. The van der Waals surface area contributed by atoms with Crippen LogP contribution in [0.5, 0.6) is 0 Å². The van der Waals surface area contributed by atoms with Gasteiger partial charge < -0.3 is 0 Å². The molecule has 0 saturated carbocycles. The van der Waals surface area contributed by atoms with Crippen LogP contribution in [-0.4, -0.2) is 31.4 Å². The maximum Gasteiger partial charge on any atom is 0.157 e. The van der Waals surface area contributed by atoms with Gasteiger partial charge in [-0.2, -0.15) is 4.40 Å². The molecule has 1 unspecified atom stereocenters. The van der Waals surface area contributed by atoms with Gasteiger partial charge in [0.25, 0.3) is 0 Å². The van der Waals surface area contributed by atoms with Crippen molar-refractivity contribution in [3.8, 4) is 0 Å². The summed E-state index contributed by atoms with van der Waals surface area (Å²) in [5, 5.41) is 1.01. The third-order valence-electron chi connectivity index (χ3n) is 1.74. The fraction of sp³-hybridized carbons (Fsp3) is 0.500. The maximum atomic E-state index is 11.7. The second kappa shape index (κ2) is 5.93. The fourth-order valence-electron chi connectivity index (χ4n) is 0.802. The molecule has 0 N–H and O–H groups in total. The first-order chi connectivity index (χ1) is 7.84. The van der Waals surface area contributed by atoms with Gasteiger partial charge in [-0.25, -0.2) is 14.2 Å². The van der Waals surface area contributed by atoms with Gasteiger partial charge in [0.05, 0.1) is 17.2 Å². The number of hydrogen-bond donors (Lipinski definition) is 0. The molecule has 0 saturated heterocycles. The lowest BCUT2D eigenvalue weighted by Crippen LogP contribution is -2.19. The van der Waals surface area contributed by atoms with Gasteiger partial charge in [0, 0.05) is 0 Å². The molecule has 4 nitrogen and oxygen atoms in total. The predicted octanol–water partition coefficient (Wildman–Crippen LogP) is 2.73. The van der Waals surface area contributed by atoms with Gasteiger partial charge >= 0.3 is 0 Å². The predicted molar refractivity (Wildman–Crippen MR) is 74.3 cm³/mol. The molecule has 1 aromatic rings. The van der Waals surface area contributed by atoms with Crippen molar-refractivity contribution >= 4 is 40.6 Å². The third kappa shape index (κ3) is 4.37. The van der Waals surface area contributed by atoms with E-state index in [0.717, 1.165) is 5.03 Å². The Balaban J connectivity index is 2.89. The molecular weight excluding hydrogens is 278 g/mol. The normalized spacial score (nSPS) is 14.2. The van der Waals surface area contributed by atoms with Crippen molar-refractivity contribution in [3.63, 3.8) is 0 Å². The van der Waals surface area contributed by atoms with E-state index in [2.05, 4.69) is 14.4 Å². The van der Waals surface area contributed by atoms with Crippen LogP contribution in [0.25, 0.3) is 0 Å². The molecule has 94 valence electrons. The third-order valence-corrected chi connectivity index (χ3v) is 3.98. The summed E-state index contributed by atoms with van der Waals surface area (Å²) in [7, 11) is -1.32. The number of halogens is 1. The van der Waals surface area contributed by atoms with Crippen LogP contribution in [-0.2, 0) is 11.0 Å². The summed E-state index contributed by atoms with van der Waals surface area (Å²) in [6.07, 6.45) is 4.90. The van der Waals surface area contributed by atoms with Crippen LogP contribution in [0, 0.1) is 0 Å². The molecule has 1 rings (SSSR count). The average Bonchev–Trinajstić information content (AvgIpc) is 2.25. The van der Waals surface area contributed by atoms with Crippen molar-refractivity contribution in [2.45, 2.75) is 30.5 Å². The topological polar surface area (TPSA) is 55.2 Å². The second-order valence-corrected chi connectivity index (χ2v) is 7.30. The van der Waals surface area contributed by atoms with Crippen LogP contribution >= 0.6 is 23.4 Å². The van der Waals surface area contributed by atoms with Crippen LogP contribution in [0.15, 0.2) is 15.6 Å². The Morgan fingerprint density at radius 2 is 2.18 bits per heavy atom. The Bertz CT molecular complexity index is 457. The Morgan fingerprint density at radius 1 is 1.53 bits per heavy atom. The standard InChI is InChI=1S/C10H14ClN3OS2/c1-10(2,3)17(15)13-5-7-9(11)14-8(16-4)6-12-7/h5-6H,1-4H3.